The maximum Gasteiger partial charge on any atom is 0.0235 e. The van der Waals surface area contributed by atoms with Crippen molar-refractivity contribution in [1.82, 2.24) is 4.90 Å². The molecule has 1 aliphatic carbocycles. The van der Waals surface area contributed by atoms with Gasteiger partial charge in [-0.3, -0.25) is 4.90 Å². The predicted molar refractivity (Wildman–Crippen MR) is 69.2 cm³/mol. The summed E-state index contributed by atoms with van der Waals surface area (Å²) in [5.74, 6) is 0.826. The SMILES string of the molecule is Cl.ClCCCN1CCCC12CCCCC2. The number of hydrogen-bond acceptors (Lipinski definition) is 1. The molecule has 0 amide bonds. The molecule has 1 aliphatic heterocycles. The third-order valence-electron chi connectivity index (χ3n) is 4.09. The summed E-state index contributed by atoms with van der Waals surface area (Å²) in [6, 6.07) is 0. The lowest BCUT2D eigenvalue weighted by Crippen LogP contribution is -2.45. The Morgan fingerprint density at radius 1 is 1.00 bits per heavy atom. The molecule has 0 unspecified atom stereocenters. The van der Waals surface area contributed by atoms with Crippen LogP contribution in [0.15, 0.2) is 0 Å². The Balaban J connectivity index is 0.00000112. The van der Waals surface area contributed by atoms with Crippen molar-refractivity contribution < 1.29 is 0 Å². The maximum atomic E-state index is 5.78. The van der Waals surface area contributed by atoms with Gasteiger partial charge in [0.2, 0.25) is 0 Å². The van der Waals surface area contributed by atoms with E-state index >= 15 is 0 Å². The molecule has 1 saturated carbocycles. The van der Waals surface area contributed by atoms with Crippen LogP contribution in [0.1, 0.15) is 51.4 Å². The van der Waals surface area contributed by atoms with E-state index in [1.54, 1.807) is 0 Å². The molecule has 15 heavy (non-hydrogen) atoms. The lowest BCUT2D eigenvalue weighted by atomic mass is 9.80. The average molecular weight is 252 g/mol. The summed E-state index contributed by atoms with van der Waals surface area (Å²) >= 11 is 5.78. The molecule has 3 heteroatoms. The van der Waals surface area contributed by atoms with E-state index in [2.05, 4.69) is 4.90 Å². The van der Waals surface area contributed by atoms with Gasteiger partial charge in [0, 0.05) is 11.4 Å². The Morgan fingerprint density at radius 3 is 2.33 bits per heavy atom. The van der Waals surface area contributed by atoms with Crippen LogP contribution in [0, 0.1) is 0 Å². The van der Waals surface area contributed by atoms with Gasteiger partial charge in [0.25, 0.3) is 0 Å². The van der Waals surface area contributed by atoms with Crippen LogP contribution in [0.3, 0.4) is 0 Å². The summed E-state index contributed by atoms with van der Waals surface area (Å²) < 4.78 is 0. The number of rotatable bonds is 3. The molecular formula is C12H23Cl2N. The molecule has 1 heterocycles. The van der Waals surface area contributed by atoms with Crippen molar-refractivity contribution in [2.24, 2.45) is 0 Å². The van der Waals surface area contributed by atoms with Gasteiger partial charge in [0.1, 0.15) is 0 Å². The molecule has 0 atom stereocenters. The molecule has 0 aromatic rings. The highest BCUT2D eigenvalue weighted by Crippen LogP contribution is 2.41. The van der Waals surface area contributed by atoms with Crippen molar-refractivity contribution in [3.05, 3.63) is 0 Å². The molecule has 1 saturated heterocycles. The topological polar surface area (TPSA) is 3.24 Å². The van der Waals surface area contributed by atoms with Crippen LogP contribution in [0.25, 0.3) is 0 Å². The molecule has 0 aromatic heterocycles. The highest BCUT2D eigenvalue weighted by Gasteiger charge is 2.40. The van der Waals surface area contributed by atoms with Crippen LogP contribution < -0.4 is 0 Å². The fraction of sp³-hybridized carbons (Fsp3) is 1.00. The average Bonchev–Trinajstić information content (AvgIpc) is 2.59. The Kier molecular flexibility index (Phi) is 5.73. The fourth-order valence-electron chi connectivity index (χ4n) is 3.37. The van der Waals surface area contributed by atoms with Crippen molar-refractivity contribution in [3.63, 3.8) is 0 Å². The first-order valence-electron chi connectivity index (χ1n) is 6.18. The highest BCUT2D eigenvalue weighted by atomic mass is 35.5. The molecule has 0 bridgehead atoms. The van der Waals surface area contributed by atoms with Crippen LogP contribution in [0.4, 0.5) is 0 Å². The van der Waals surface area contributed by atoms with Gasteiger partial charge in [-0.2, -0.15) is 0 Å². The zero-order chi connectivity index (χ0) is 9.86. The summed E-state index contributed by atoms with van der Waals surface area (Å²) in [5.41, 5.74) is 0.615. The molecule has 0 radical (unpaired) electrons. The molecule has 2 fully saturated rings. The number of hydrogen-bond donors (Lipinski definition) is 0. The monoisotopic (exact) mass is 251 g/mol. The lowest BCUT2D eigenvalue weighted by molar-refractivity contribution is 0.0932. The van der Waals surface area contributed by atoms with E-state index in [4.69, 9.17) is 11.6 Å². The minimum Gasteiger partial charge on any atom is -0.298 e. The first-order chi connectivity index (χ1) is 6.87. The molecular weight excluding hydrogens is 229 g/mol. The standard InChI is InChI=1S/C12H22ClN.ClH/c13-9-5-11-14-10-4-8-12(14)6-2-1-3-7-12;/h1-11H2;1H. The van der Waals surface area contributed by atoms with Gasteiger partial charge in [0.05, 0.1) is 0 Å². The fourth-order valence-corrected chi connectivity index (χ4v) is 3.49. The minimum atomic E-state index is 0. The molecule has 0 aromatic carbocycles. The van der Waals surface area contributed by atoms with E-state index in [0.29, 0.717) is 5.54 Å². The van der Waals surface area contributed by atoms with Crippen molar-refractivity contribution >= 4 is 24.0 Å². The normalized spacial score (nSPS) is 25.4. The third kappa shape index (κ3) is 3.01. The van der Waals surface area contributed by atoms with Crippen molar-refractivity contribution in [2.45, 2.75) is 56.9 Å². The smallest absolute Gasteiger partial charge is 0.0235 e. The Labute approximate surface area is 105 Å². The van der Waals surface area contributed by atoms with E-state index < -0.39 is 0 Å². The second-order valence-electron chi connectivity index (χ2n) is 4.92. The van der Waals surface area contributed by atoms with Crippen LogP contribution in [0.5, 0.6) is 0 Å². The van der Waals surface area contributed by atoms with Gasteiger partial charge in [-0.25, -0.2) is 0 Å². The second kappa shape index (κ2) is 6.32. The predicted octanol–water partition coefficient (Wildman–Crippen LogP) is 3.84. The van der Waals surface area contributed by atoms with Gasteiger partial charge in [0.15, 0.2) is 0 Å². The van der Waals surface area contributed by atoms with E-state index in [1.165, 1.54) is 64.5 Å². The van der Waals surface area contributed by atoms with Gasteiger partial charge in [-0.1, -0.05) is 19.3 Å². The summed E-state index contributed by atoms with van der Waals surface area (Å²) in [7, 11) is 0. The largest absolute Gasteiger partial charge is 0.298 e. The third-order valence-corrected chi connectivity index (χ3v) is 4.35. The molecule has 1 nitrogen and oxygen atoms in total. The van der Waals surface area contributed by atoms with Crippen LogP contribution in [0.2, 0.25) is 0 Å². The quantitative estimate of drug-likeness (QED) is 0.690. The van der Waals surface area contributed by atoms with Crippen molar-refractivity contribution in [2.75, 3.05) is 19.0 Å². The van der Waals surface area contributed by atoms with Gasteiger partial charge in [-0.15, -0.1) is 24.0 Å². The molecule has 0 N–H and O–H groups in total. The summed E-state index contributed by atoms with van der Waals surface area (Å²) in [5, 5.41) is 0. The minimum absolute atomic E-state index is 0. The zero-order valence-electron chi connectivity index (χ0n) is 9.51. The van der Waals surface area contributed by atoms with Crippen molar-refractivity contribution in [3.8, 4) is 0 Å². The molecule has 90 valence electrons. The molecule has 2 aliphatic rings. The second-order valence-corrected chi connectivity index (χ2v) is 5.30. The van der Waals surface area contributed by atoms with E-state index in [-0.39, 0.29) is 12.4 Å². The Bertz CT molecular complexity index is 178. The Hall–Kier alpha value is 0.540. The number of likely N-dealkylation sites (tertiary alicyclic amines) is 1. The number of halogens is 2. The van der Waals surface area contributed by atoms with Crippen molar-refractivity contribution in [1.29, 1.82) is 0 Å². The van der Waals surface area contributed by atoms with Crippen LogP contribution >= 0.6 is 24.0 Å². The first-order valence-corrected chi connectivity index (χ1v) is 6.72. The van der Waals surface area contributed by atoms with E-state index in [1.807, 2.05) is 0 Å². The maximum absolute atomic E-state index is 5.78. The summed E-state index contributed by atoms with van der Waals surface area (Å²) in [6.45, 7) is 2.57. The van der Waals surface area contributed by atoms with Gasteiger partial charge < -0.3 is 0 Å². The van der Waals surface area contributed by atoms with Gasteiger partial charge in [-0.05, 0) is 45.2 Å². The van der Waals surface area contributed by atoms with E-state index in [9.17, 15) is 0 Å². The van der Waals surface area contributed by atoms with E-state index in [0.717, 1.165) is 5.88 Å². The summed E-state index contributed by atoms with van der Waals surface area (Å²) in [6.07, 6.45) is 11.3. The lowest BCUT2D eigenvalue weighted by Gasteiger charge is -2.41. The molecule has 2 rings (SSSR count). The van der Waals surface area contributed by atoms with Gasteiger partial charge >= 0.3 is 0 Å². The highest BCUT2D eigenvalue weighted by molar-refractivity contribution is 6.17. The molecule has 1 spiro atoms. The first kappa shape index (κ1) is 13.6. The number of alkyl halides is 1. The van der Waals surface area contributed by atoms with Crippen LogP contribution in [-0.2, 0) is 0 Å². The van der Waals surface area contributed by atoms with Crippen LogP contribution in [-0.4, -0.2) is 29.4 Å². The zero-order valence-corrected chi connectivity index (χ0v) is 11.1. The summed E-state index contributed by atoms with van der Waals surface area (Å²) in [4.78, 5) is 2.74. The number of nitrogens with zero attached hydrogens (tertiary/aromatic N) is 1. The Morgan fingerprint density at radius 2 is 1.67 bits per heavy atom.